The topological polar surface area (TPSA) is 34.1 Å². The van der Waals surface area contributed by atoms with Crippen LogP contribution in [0.1, 0.15) is 32.1 Å². The summed E-state index contributed by atoms with van der Waals surface area (Å²) in [5, 5.41) is 3.68. The molecule has 0 aromatic heterocycles. The molecule has 5 nitrogen and oxygen atoms in total. The van der Waals surface area contributed by atoms with E-state index in [1.54, 1.807) is 0 Å². The molecule has 1 spiro atoms. The molecule has 2 aliphatic heterocycles. The standard InChI is InChI=1S/C18H35N5S.HI/c1-19-17(20-13-16-14-21(2)9-10-22(16)3)23-11-12-24-18(15-23)7-5-4-6-8-18;/h16H,4-15H2,1-3H3,(H,19,20);1H. The van der Waals surface area contributed by atoms with Crippen LogP contribution >= 0.6 is 35.7 Å². The normalized spacial score (nSPS) is 28.7. The highest BCUT2D eigenvalue weighted by Crippen LogP contribution is 2.42. The van der Waals surface area contributed by atoms with E-state index in [2.05, 4.69) is 50.9 Å². The van der Waals surface area contributed by atoms with Gasteiger partial charge in [-0.25, -0.2) is 0 Å². The second kappa shape index (κ2) is 9.99. The van der Waals surface area contributed by atoms with Gasteiger partial charge in [0.05, 0.1) is 0 Å². The predicted octanol–water partition coefficient (Wildman–Crippen LogP) is 2.18. The minimum atomic E-state index is 0. The Morgan fingerprint density at radius 3 is 2.64 bits per heavy atom. The van der Waals surface area contributed by atoms with Crippen molar-refractivity contribution < 1.29 is 0 Å². The summed E-state index contributed by atoms with van der Waals surface area (Å²) in [5.41, 5.74) is 0. The lowest BCUT2D eigenvalue weighted by atomic mass is 9.87. The first-order valence-electron chi connectivity index (χ1n) is 9.60. The molecule has 1 saturated carbocycles. The molecule has 1 N–H and O–H groups in total. The van der Waals surface area contributed by atoms with Crippen LogP contribution in [0.2, 0.25) is 0 Å². The summed E-state index contributed by atoms with van der Waals surface area (Å²) in [4.78, 5) is 12.0. The van der Waals surface area contributed by atoms with Gasteiger partial charge in [0.15, 0.2) is 5.96 Å². The highest BCUT2D eigenvalue weighted by atomic mass is 127. The predicted molar refractivity (Wildman–Crippen MR) is 121 cm³/mol. The number of rotatable bonds is 2. The van der Waals surface area contributed by atoms with Crippen molar-refractivity contribution >= 4 is 41.7 Å². The summed E-state index contributed by atoms with van der Waals surface area (Å²) in [6.45, 7) is 6.77. The fraction of sp³-hybridized carbons (Fsp3) is 0.944. The Morgan fingerprint density at radius 1 is 1.16 bits per heavy atom. The Balaban J connectivity index is 0.00000225. The number of nitrogens with zero attached hydrogens (tertiary/aromatic N) is 4. The molecule has 1 atom stereocenters. The van der Waals surface area contributed by atoms with E-state index < -0.39 is 0 Å². The number of aliphatic imine (C=N–C) groups is 1. The maximum atomic E-state index is 4.61. The number of nitrogens with one attached hydrogen (secondary N) is 1. The van der Waals surface area contributed by atoms with Crippen LogP contribution < -0.4 is 5.32 Å². The fourth-order valence-corrected chi connectivity index (χ4v) is 5.96. The molecule has 7 heteroatoms. The Hall–Kier alpha value is 0.270. The summed E-state index contributed by atoms with van der Waals surface area (Å²) in [5.74, 6) is 2.36. The molecule has 25 heavy (non-hydrogen) atoms. The van der Waals surface area contributed by atoms with E-state index in [1.165, 1.54) is 50.9 Å². The van der Waals surface area contributed by atoms with Crippen molar-refractivity contribution in [2.45, 2.75) is 42.9 Å². The molecule has 2 saturated heterocycles. The van der Waals surface area contributed by atoms with E-state index in [-0.39, 0.29) is 24.0 Å². The third-order valence-corrected chi connectivity index (χ3v) is 7.54. The quantitative estimate of drug-likeness (QED) is 0.372. The van der Waals surface area contributed by atoms with Crippen molar-refractivity contribution in [2.24, 2.45) is 4.99 Å². The molecule has 3 fully saturated rings. The molecular weight excluding hydrogens is 445 g/mol. The van der Waals surface area contributed by atoms with Crippen LogP contribution in [0, 0.1) is 0 Å². The van der Waals surface area contributed by atoms with Crippen molar-refractivity contribution in [2.75, 3.05) is 66.2 Å². The van der Waals surface area contributed by atoms with E-state index in [1.807, 2.05) is 7.05 Å². The SMILES string of the molecule is CN=C(NCC1CN(C)CCN1C)N1CCSC2(CCCCC2)C1.I. The molecular formula is C18H36IN5S. The molecule has 1 aliphatic carbocycles. The third-order valence-electron chi connectivity index (χ3n) is 6.00. The summed E-state index contributed by atoms with van der Waals surface area (Å²) in [6.07, 6.45) is 7.03. The fourth-order valence-electron chi connectivity index (χ4n) is 4.39. The first-order chi connectivity index (χ1) is 11.6. The Bertz CT molecular complexity index is 436. The van der Waals surface area contributed by atoms with Crippen molar-refractivity contribution in [3.63, 3.8) is 0 Å². The van der Waals surface area contributed by atoms with Crippen molar-refractivity contribution in [3.05, 3.63) is 0 Å². The van der Waals surface area contributed by atoms with E-state index in [0.29, 0.717) is 10.8 Å². The molecule has 0 aromatic carbocycles. The molecule has 0 amide bonds. The zero-order valence-electron chi connectivity index (χ0n) is 16.2. The monoisotopic (exact) mass is 481 g/mol. The molecule has 0 radical (unpaired) electrons. The van der Waals surface area contributed by atoms with E-state index in [9.17, 15) is 0 Å². The molecule has 0 bridgehead atoms. The van der Waals surface area contributed by atoms with Gasteiger partial charge in [-0.15, -0.1) is 24.0 Å². The average Bonchev–Trinajstić information content (AvgIpc) is 2.59. The first-order valence-corrected chi connectivity index (χ1v) is 10.6. The second-order valence-electron chi connectivity index (χ2n) is 7.84. The van der Waals surface area contributed by atoms with Gasteiger partial charge >= 0.3 is 0 Å². The number of piperazine rings is 1. The lowest BCUT2D eigenvalue weighted by molar-refractivity contribution is 0.116. The maximum absolute atomic E-state index is 4.61. The van der Waals surface area contributed by atoms with E-state index >= 15 is 0 Å². The largest absolute Gasteiger partial charge is 0.355 e. The number of thioether (sulfide) groups is 1. The van der Waals surface area contributed by atoms with E-state index in [0.717, 1.165) is 32.1 Å². The van der Waals surface area contributed by atoms with Gasteiger partial charge in [0.1, 0.15) is 0 Å². The van der Waals surface area contributed by atoms with Gasteiger partial charge in [-0.2, -0.15) is 11.8 Å². The van der Waals surface area contributed by atoms with Crippen LogP contribution in [0.25, 0.3) is 0 Å². The van der Waals surface area contributed by atoms with Crippen LogP contribution in [-0.2, 0) is 0 Å². The van der Waals surface area contributed by atoms with Gasteiger partial charge in [-0.3, -0.25) is 9.89 Å². The molecule has 3 aliphatic rings. The highest BCUT2D eigenvalue weighted by molar-refractivity contribution is 14.0. The summed E-state index contributed by atoms with van der Waals surface area (Å²) < 4.78 is 0.496. The summed E-state index contributed by atoms with van der Waals surface area (Å²) in [6, 6.07) is 0.573. The zero-order valence-corrected chi connectivity index (χ0v) is 19.3. The maximum Gasteiger partial charge on any atom is 0.193 e. The summed E-state index contributed by atoms with van der Waals surface area (Å²) in [7, 11) is 6.41. The highest BCUT2D eigenvalue weighted by Gasteiger charge is 2.38. The number of hydrogen-bond donors (Lipinski definition) is 1. The molecule has 3 rings (SSSR count). The number of guanidine groups is 1. The number of hydrogen-bond acceptors (Lipinski definition) is 4. The Morgan fingerprint density at radius 2 is 1.92 bits per heavy atom. The van der Waals surface area contributed by atoms with Crippen molar-refractivity contribution in [3.8, 4) is 0 Å². The van der Waals surface area contributed by atoms with Gasteiger partial charge in [0, 0.05) is 62.9 Å². The first kappa shape index (κ1) is 21.6. The zero-order chi connectivity index (χ0) is 17.0. The van der Waals surface area contributed by atoms with Gasteiger partial charge in [0.2, 0.25) is 0 Å². The lowest BCUT2D eigenvalue weighted by Crippen LogP contribution is -2.58. The van der Waals surface area contributed by atoms with Crippen LogP contribution in [0.4, 0.5) is 0 Å². The van der Waals surface area contributed by atoms with Gasteiger partial charge in [0.25, 0.3) is 0 Å². The molecule has 2 heterocycles. The number of likely N-dealkylation sites (N-methyl/N-ethyl adjacent to an activating group) is 2. The number of halogens is 1. The minimum absolute atomic E-state index is 0. The van der Waals surface area contributed by atoms with Gasteiger partial charge in [-0.05, 0) is 26.9 Å². The Labute approximate surface area is 175 Å². The molecule has 146 valence electrons. The third kappa shape index (κ3) is 5.62. The summed E-state index contributed by atoms with van der Waals surface area (Å²) >= 11 is 2.23. The van der Waals surface area contributed by atoms with Crippen molar-refractivity contribution in [1.29, 1.82) is 0 Å². The van der Waals surface area contributed by atoms with Gasteiger partial charge < -0.3 is 15.1 Å². The Kier molecular flexibility index (Phi) is 8.62. The van der Waals surface area contributed by atoms with Crippen LogP contribution in [0.15, 0.2) is 4.99 Å². The lowest BCUT2D eigenvalue weighted by Gasteiger charge is -2.46. The van der Waals surface area contributed by atoms with Crippen molar-refractivity contribution in [1.82, 2.24) is 20.0 Å². The second-order valence-corrected chi connectivity index (χ2v) is 9.40. The van der Waals surface area contributed by atoms with Crippen LogP contribution in [0.3, 0.4) is 0 Å². The molecule has 1 unspecified atom stereocenters. The van der Waals surface area contributed by atoms with E-state index in [4.69, 9.17) is 0 Å². The van der Waals surface area contributed by atoms with Crippen LogP contribution in [-0.4, -0.2) is 97.6 Å². The minimum Gasteiger partial charge on any atom is -0.355 e. The van der Waals surface area contributed by atoms with Gasteiger partial charge in [-0.1, -0.05) is 19.3 Å². The average molecular weight is 481 g/mol. The smallest absolute Gasteiger partial charge is 0.193 e. The van der Waals surface area contributed by atoms with Crippen LogP contribution in [0.5, 0.6) is 0 Å². The molecule has 0 aromatic rings.